The molecule has 0 unspecified atom stereocenters. The Kier molecular flexibility index (Phi) is 2.93. The van der Waals surface area contributed by atoms with Crippen molar-refractivity contribution in [3.05, 3.63) is 36.0 Å². The number of nitrogens with zero attached hydrogens (tertiary/aromatic N) is 2. The van der Waals surface area contributed by atoms with E-state index in [2.05, 4.69) is 10.1 Å². The summed E-state index contributed by atoms with van der Waals surface area (Å²) in [7, 11) is 0. The van der Waals surface area contributed by atoms with Crippen molar-refractivity contribution in [3.8, 4) is 11.4 Å². The van der Waals surface area contributed by atoms with Crippen molar-refractivity contribution >= 4 is 0 Å². The number of benzene rings is 1. The maximum Gasteiger partial charge on any atom is 0.228 e. The third-order valence-electron chi connectivity index (χ3n) is 2.18. The Hall–Kier alpha value is -1.75. The molecule has 0 radical (unpaired) electrons. The molecule has 0 aliphatic carbocycles. The molecule has 90 valence electrons. The first-order chi connectivity index (χ1) is 7.94. The van der Waals surface area contributed by atoms with Gasteiger partial charge in [-0.1, -0.05) is 5.16 Å². The van der Waals surface area contributed by atoms with E-state index in [0.29, 0.717) is 18.1 Å². The van der Waals surface area contributed by atoms with Crippen molar-refractivity contribution in [2.24, 2.45) is 5.73 Å². The molecule has 1 aromatic carbocycles. The van der Waals surface area contributed by atoms with Crippen LogP contribution in [0, 0.1) is 5.82 Å². The lowest BCUT2D eigenvalue weighted by molar-refractivity contribution is 0.348. The van der Waals surface area contributed by atoms with Crippen molar-refractivity contribution in [2.45, 2.75) is 25.8 Å². The monoisotopic (exact) mass is 235 g/mol. The number of nitrogens with two attached hydrogens (primary N) is 1. The number of hydrogen-bond donors (Lipinski definition) is 1. The quantitative estimate of drug-likeness (QED) is 0.885. The molecule has 0 saturated carbocycles. The second-order valence-electron chi connectivity index (χ2n) is 4.68. The van der Waals surface area contributed by atoms with Crippen LogP contribution >= 0.6 is 0 Å². The normalized spacial score (nSPS) is 11.8. The smallest absolute Gasteiger partial charge is 0.228 e. The Morgan fingerprint density at radius 3 is 2.53 bits per heavy atom. The van der Waals surface area contributed by atoms with Gasteiger partial charge in [-0.05, 0) is 38.1 Å². The Bertz CT molecular complexity index is 499. The molecule has 17 heavy (non-hydrogen) atoms. The average molecular weight is 235 g/mol. The summed E-state index contributed by atoms with van der Waals surface area (Å²) in [5, 5.41) is 3.84. The van der Waals surface area contributed by atoms with Gasteiger partial charge in [0.05, 0.1) is 0 Å². The lowest BCUT2D eigenvalue weighted by Crippen LogP contribution is -2.34. The molecule has 2 N–H and O–H groups in total. The van der Waals surface area contributed by atoms with Crippen LogP contribution in [-0.4, -0.2) is 15.7 Å². The lowest BCUT2D eigenvalue weighted by atomic mass is 10.0. The van der Waals surface area contributed by atoms with E-state index in [4.69, 9.17) is 10.3 Å². The molecule has 0 amide bonds. The van der Waals surface area contributed by atoms with Crippen LogP contribution in [0.15, 0.2) is 28.8 Å². The molecule has 1 aromatic heterocycles. The fourth-order valence-electron chi connectivity index (χ4n) is 1.43. The molecule has 2 rings (SSSR count). The second-order valence-corrected chi connectivity index (χ2v) is 4.68. The minimum absolute atomic E-state index is 0.291. The minimum Gasteiger partial charge on any atom is -0.339 e. The van der Waals surface area contributed by atoms with Gasteiger partial charge >= 0.3 is 0 Å². The molecule has 0 aliphatic heterocycles. The zero-order valence-corrected chi connectivity index (χ0v) is 9.77. The van der Waals surface area contributed by atoms with Gasteiger partial charge in [0.1, 0.15) is 5.82 Å². The highest BCUT2D eigenvalue weighted by Crippen LogP contribution is 2.17. The summed E-state index contributed by atoms with van der Waals surface area (Å²) in [5.41, 5.74) is 6.18. The van der Waals surface area contributed by atoms with Crippen LogP contribution in [0.2, 0.25) is 0 Å². The van der Waals surface area contributed by atoms with Crippen molar-refractivity contribution in [1.82, 2.24) is 10.1 Å². The molecular formula is C12H14FN3O. The summed E-state index contributed by atoms with van der Waals surface area (Å²) < 4.78 is 17.8. The molecule has 5 heteroatoms. The van der Waals surface area contributed by atoms with Crippen molar-refractivity contribution in [1.29, 1.82) is 0 Å². The molecule has 2 aromatic rings. The number of halogens is 1. The molecule has 4 nitrogen and oxygen atoms in total. The minimum atomic E-state index is -0.396. The van der Waals surface area contributed by atoms with E-state index in [9.17, 15) is 4.39 Å². The third-order valence-corrected chi connectivity index (χ3v) is 2.18. The Balaban J connectivity index is 2.21. The Morgan fingerprint density at radius 2 is 1.94 bits per heavy atom. The topological polar surface area (TPSA) is 64.9 Å². The highest BCUT2D eigenvalue weighted by atomic mass is 19.1. The summed E-state index contributed by atoms with van der Waals surface area (Å²) in [5.74, 6) is 0.640. The van der Waals surface area contributed by atoms with Gasteiger partial charge in [-0.15, -0.1) is 0 Å². The van der Waals surface area contributed by atoms with E-state index in [1.807, 2.05) is 13.8 Å². The van der Waals surface area contributed by atoms with Crippen LogP contribution in [0.25, 0.3) is 11.4 Å². The molecule has 0 aliphatic rings. The van der Waals surface area contributed by atoms with E-state index in [0.717, 1.165) is 5.56 Å². The molecule has 0 saturated heterocycles. The van der Waals surface area contributed by atoms with E-state index in [1.54, 1.807) is 12.1 Å². The predicted molar refractivity (Wildman–Crippen MR) is 61.7 cm³/mol. The number of hydrogen-bond acceptors (Lipinski definition) is 4. The SMILES string of the molecule is CC(C)(N)Cc1nc(-c2ccc(F)cc2)no1. The molecule has 1 heterocycles. The molecular weight excluding hydrogens is 221 g/mol. The van der Waals surface area contributed by atoms with E-state index >= 15 is 0 Å². The maximum atomic E-state index is 12.7. The fourth-order valence-corrected chi connectivity index (χ4v) is 1.43. The van der Waals surface area contributed by atoms with Gasteiger partial charge in [0, 0.05) is 17.5 Å². The van der Waals surface area contributed by atoms with E-state index in [-0.39, 0.29) is 5.82 Å². The van der Waals surface area contributed by atoms with Crippen molar-refractivity contribution in [2.75, 3.05) is 0 Å². The van der Waals surface area contributed by atoms with Crippen LogP contribution < -0.4 is 5.73 Å². The molecule has 0 atom stereocenters. The van der Waals surface area contributed by atoms with E-state index in [1.165, 1.54) is 12.1 Å². The zero-order chi connectivity index (χ0) is 12.5. The highest BCUT2D eigenvalue weighted by Gasteiger charge is 2.17. The number of aromatic nitrogens is 2. The second kappa shape index (κ2) is 4.25. The predicted octanol–water partition coefficient (Wildman–Crippen LogP) is 2.16. The van der Waals surface area contributed by atoms with Crippen LogP contribution in [-0.2, 0) is 6.42 Å². The van der Waals surface area contributed by atoms with Gasteiger partial charge in [0.15, 0.2) is 0 Å². The fraction of sp³-hybridized carbons (Fsp3) is 0.333. The summed E-state index contributed by atoms with van der Waals surface area (Å²) in [4.78, 5) is 4.22. The third kappa shape index (κ3) is 3.10. The summed E-state index contributed by atoms with van der Waals surface area (Å²) >= 11 is 0. The first-order valence-electron chi connectivity index (χ1n) is 5.31. The van der Waals surface area contributed by atoms with Gasteiger partial charge in [0.25, 0.3) is 0 Å². The van der Waals surface area contributed by atoms with Crippen LogP contribution in [0.3, 0.4) is 0 Å². The average Bonchev–Trinajstić information content (AvgIpc) is 2.64. The van der Waals surface area contributed by atoms with Crippen LogP contribution in [0.1, 0.15) is 19.7 Å². The first-order valence-corrected chi connectivity index (χ1v) is 5.31. The highest BCUT2D eigenvalue weighted by molar-refractivity contribution is 5.53. The lowest BCUT2D eigenvalue weighted by Gasteiger charge is -2.14. The van der Waals surface area contributed by atoms with Gasteiger partial charge in [-0.2, -0.15) is 4.98 Å². The molecule has 0 spiro atoms. The summed E-state index contributed by atoms with van der Waals surface area (Å²) in [6, 6.07) is 5.94. The van der Waals surface area contributed by atoms with Crippen LogP contribution in [0.5, 0.6) is 0 Å². The summed E-state index contributed by atoms with van der Waals surface area (Å²) in [6.45, 7) is 3.77. The maximum absolute atomic E-state index is 12.7. The van der Waals surface area contributed by atoms with Gasteiger partial charge < -0.3 is 10.3 Å². The van der Waals surface area contributed by atoms with Gasteiger partial charge in [0.2, 0.25) is 11.7 Å². The standard InChI is InChI=1S/C12H14FN3O/c1-12(2,14)7-10-15-11(16-17-10)8-3-5-9(13)6-4-8/h3-6H,7,14H2,1-2H3. The van der Waals surface area contributed by atoms with Crippen molar-refractivity contribution in [3.63, 3.8) is 0 Å². The Morgan fingerprint density at radius 1 is 1.29 bits per heavy atom. The first kappa shape index (κ1) is 11.7. The summed E-state index contributed by atoms with van der Waals surface area (Å²) in [6.07, 6.45) is 0.501. The Labute approximate surface area is 98.6 Å². The van der Waals surface area contributed by atoms with Gasteiger partial charge in [-0.3, -0.25) is 0 Å². The number of rotatable bonds is 3. The van der Waals surface area contributed by atoms with Crippen molar-refractivity contribution < 1.29 is 8.91 Å². The van der Waals surface area contributed by atoms with Gasteiger partial charge in [-0.25, -0.2) is 4.39 Å². The zero-order valence-electron chi connectivity index (χ0n) is 9.77. The van der Waals surface area contributed by atoms with E-state index < -0.39 is 5.54 Å². The molecule has 0 fully saturated rings. The van der Waals surface area contributed by atoms with Crippen LogP contribution in [0.4, 0.5) is 4.39 Å². The molecule has 0 bridgehead atoms. The largest absolute Gasteiger partial charge is 0.339 e.